The van der Waals surface area contributed by atoms with Crippen LogP contribution in [0.15, 0.2) is 30.3 Å². The first-order valence-electron chi connectivity index (χ1n) is 1.91. The van der Waals surface area contributed by atoms with E-state index in [4.69, 9.17) is 0 Å². The zero-order valence-corrected chi connectivity index (χ0v) is 8.05. The molecule has 0 N–H and O–H groups in total. The summed E-state index contributed by atoms with van der Waals surface area (Å²) in [5.41, 5.74) is 0. The Morgan fingerprint density at radius 3 is 1.57 bits per heavy atom. The van der Waals surface area contributed by atoms with Crippen LogP contribution < -0.4 is 0 Å². The number of rotatable bonds is 0. The van der Waals surface area contributed by atoms with Gasteiger partial charge in [0, 0.05) is 31.1 Å². The van der Waals surface area contributed by atoms with Crippen LogP contribution in [0.5, 0.6) is 0 Å². The molecule has 0 spiro atoms. The Morgan fingerprint density at radius 1 is 0.857 bits per heavy atom. The summed E-state index contributed by atoms with van der Waals surface area (Å²) < 4.78 is 0. The average molecular weight is 315 g/mol. The molecule has 0 radical (unpaired) electrons. The molecule has 0 fully saturated rings. The van der Waals surface area contributed by atoms with E-state index in [1.165, 1.54) is 0 Å². The van der Waals surface area contributed by atoms with E-state index in [1.807, 2.05) is 30.3 Å². The third kappa shape index (κ3) is 2.91. The van der Waals surface area contributed by atoms with Crippen molar-refractivity contribution in [3.05, 3.63) is 36.4 Å². The molecule has 0 bridgehead atoms. The summed E-state index contributed by atoms with van der Waals surface area (Å²) >= 11 is 0. The Bertz CT molecular complexity index is 76.1. The van der Waals surface area contributed by atoms with Crippen LogP contribution in [-0.4, -0.2) is 0 Å². The largest absolute Gasteiger partial charge is 0.184 e. The molecule has 1 aromatic carbocycles. The molecular weight excluding hydrogens is 310 g/mol. The van der Waals surface area contributed by atoms with Gasteiger partial charge in [0.15, 0.2) is 0 Å². The second kappa shape index (κ2) is 4.43. The molecule has 0 atom stereocenters. The van der Waals surface area contributed by atoms with Gasteiger partial charge in [-0.25, -0.2) is 0 Å². The van der Waals surface area contributed by atoms with Gasteiger partial charge in [-0.15, -0.1) is 0 Å². The molecule has 0 saturated carbocycles. The molecule has 0 unspecified atom stereocenters. The number of benzene rings is 1. The topological polar surface area (TPSA) is 0 Å². The molecule has 1 rings (SSSR count). The van der Waals surface area contributed by atoms with E-state index in [1.54, 1.807) is 0 Å². The van der Waals surface area contributed by atoms with Crippen LogP contribution in [0.4, 0.5) is 0 Å². The fraction of sp³-hybridized carbons (Fsp3) is 0. The Labute approximate surface area is 67.3 Å². The van der Waals surface area contributed by atoms with E-state index in [2.05, 4.69) is 6.07 Å². The van der Waals surface area contributed by atoms with E-state index in [-0.39, 0.29) is 31.1 Å². The summed E-state index contributed by atoms with van der Waals surface area (Å²) in [6.07, 6.45) is 0. The van der Waals surface area contributed by atoms with Crippen molar-refractivity contribution in [3.63, 3.8) is 0 Å². The Morgan fingerprint density at radius 2 is 1.43 bits per heavy atom. The van der Waals surface area contributed by atoms with Gasteiger partial charge in [-0.1, -0.05) is 0 Å². The van der Waals surface area contributed by atoms with E-state index in [9.17, 15) is 0 Å². The van der Waals surface area contributed by atoms with Crippen molar-refractivity contribution in [1.82, 2.24) is 0 Å². The minimum Gasteiger partial charge on any atom is -0.184 e. The molecule has 0 amide bonds. The zero-order chi connectivity index (χ0) is 4.24. The second-order valence-corrected chi connectivity index (χ2v) is 1.08. The van der Waals surface area contributed by atoms with Crippen molar-refractivity contribution in [2.45, 2.75) is 0 Å². The van der Waals surface area contributed by atoms with Gasteiger partial charge in [-0.2, -0.15) is 36.4 Å². The van der Waals surface area contributed by atoms with E-state index >= 15 is 0 Å². The van der Waals surface area contributed by atoms with Gasteiger partial charge in [-0.05, 0) is 0 Å². The molecule has 1 heteroatoms. The van der Waals surface area contributed by atoms with E-state index in [0.717, 1.165) is 0 Å². The first kappa shape index (κ1) is 7.27. The van der Waals surface area contributed by atoms with Crippen LogP contribution >= 0.6 is 0 Å². The van der Waals surface area contributed by atoms with Crippen LogP contribution in [0, 0.1) is 37.2 Å². The molecular formula is C6H5U-. The minimum absolute atomic E-state index is 0. The van der Waals surface area contributed by atoms with Crippen molar-refractivity contribution in [2.24, 2.45) is 0 Å². The maximum absolute atomic E-state index is 2.89. The van der Waals surface area contributed by atoms with Crippen LogP contribution in [0.1, 0.15) is 0 Å². The van der Waals surface area contributed by atoms with Gasteiger partial charge in [-0.3, -0.25) is 0 Å². The third-order valence-electron chi connectivity index (χ3n) is 0.607. The maximum atomic E-state index is 2.89. The molecule has 0 saturated heterocycles. The predicted molar refractivity (Wildman–Crippen MR) is 25.3 cm³/mol. The summed E-state index contributed by atoms with van der Waals surface area (Å²) in [5.74, 6) is 0. The third-order valence-corrected chi connectivity index (χ3v) is 0.607. The molecule has 0 aromatic heterocycles. The summed E-state index contributed by atoms with van der Waals surface area (Å²) in [5, 5.41) is 0. The molecule has 0 heterocycles. The fourth-order valence-corrected chi connectivity index (χ4v) is 0.342. The fourth-order valence-electron chi connectivity index (χ4n) is 0.342. The van der Waals surface area contributed by atoms with Gasteiger partial charge >= 0.3 is 0 Å². The Kier molecular flexibility index (Phi) is 4.60. The molecule has 7 heavy (non-hydrogen) atoms. The Hall–Kier alpha value is 0.272. The van der Waals surface area contributed by atoms with Crippen LogP contribution in [-0.2, 0) is 0 Å². The predicted octanol–water partition coefficient (Wildman–Crippen LogP) is 1.49. The average Bonchev–Trinajstić information content (AvgIpc) is 1.72. The van der Waals surface area contributed by atoms with Crippen molar-refractivity contribution >= 4 is 0 Å². The minimum atomic E-state index is 0. The molecule has 0 aliphatic rings. The SMILES string of the molecule is [U].[c-]1ccccc1. The second-order valence-electron chi connectivity index (χ2n) is 1.08. The van der Waals surface area contributed by atoms with Crippen LogP contribution in [0.25, 0.3) is 0 Å². The molecule has 1 aromatic rings. The first-order valence-corrected chi connectivity index (χ1v) is 1.91. The summed E-state index contributed by atoms with van der Waals surface area (Å²) in [6, 6.07) is 12.5. The van der Waals surface area contributed by atoms with Crippen molar-refractivity contribution in [2.75, 3.05) is 0 Å². The monoisotopic (exact) mass is 315 g/mol. The zero-order valence-electron chi connectivity index (χ0n) is 3.89. The molecule has 34 valence electrons. The molecule has 0 nitrogen and oxygen atoms in total. The van der Waals surface area contributed by atoms with Gasteiger partial charge < -0.3 is 0 Å². The van der Waals surface area contributed by atoms with Crippen LogP contribution in [0.2, 0.25) is 0 Å². The maximum Gasteiger partial charge on any atom is 0 e. The van der Waals surface area contributed by atoms with Crippen molar-refractivity contribution < 1.29 is 31.1 Å². The van der Waals surface area contributed by atoms with Gasteiger partial charge in [0.25, 0.3) is 0 Å². The summed E-state index contributed by atoms with van der Waals surface area (Å²) in [4.78, 5) is 0. The van der Waals surface area contributed by atoms with E-state index < -0.39 is 0 Å². The first-order chi connectivity index (χ1) is 3.00. The molecule has 0 aliphatic carbocycles. The number of hydrogen-bond acceptors (Lipinski definition) is 0. The Balaban J connectivity index is 0.000000360. The smallest absolute Gasteiger partial charge is 0 e. The summed E-state index contributed by atoms with van der Waals surface area (Å²) in [6.45, 7) is 0. The molecule has 0 aliphatic heterocycles. The number of hydrogen-bond donors (Lipinski definition) is 0. The van der Waals surface area contributed by atoms with Gasteiger partial charge in [0.05, 0.1) is 0 Å². The van der Waals surface area contributed by atoms with Gasteiger partial charge in [0.2, 0.25) is 0 Å². The van der Waals surface area contributed by atoms with Gasteiger partial charge in [0.1, 0.15) is 0 Å². The van der Waals surface area contributed by atoms with E-state index in [0.29, 0.717) is 0 Å². The van der Waals surface area contributed by atoms with Crippen LogP contribution in [0.3, 0.4) is 0 Å². The van der Waals surface area contributed by atoms with Crippen molar-refractivity contribution in [3.8, 4) is 0 Å². The standard InChI is InChI=1S/C6H5.U/c1-2-4-6-5-3-1;/h1-5H;/q-1;. The van der Waals surface area contributed by atoms with Crippen molar-refractivity contribution in [1.29, 1.82) is 0 Å². The quantitative estimate of drug-likeness (QED) is 0.637. The summed E-state index contributed by atoms with van der Waals surface area (Å²) in [7, 11) is 0. The normalized spacial score (nSPS) is 6.86.